The van der Waals surface area contributed by atoms with Crippen molar-refractivity contribution in [2.75, 3.05) is 0 Å². The average Bonchev–Trinajstić information content (AvgIpc) is 2.75. The Morgan fingerprint density at radius 1 is 0.688 bits per heavy atom. The van der Waals surface area contributed by atoms with Crippen LogP contribution < -0.4 is 9.62 Å². The summed E-state index contributed by atoms with van der Waals surface area (Å²) in [5, 5.41) is 37.1. The van der Waals surface area contributed by atoms with Crippen molar-refractivity contribution in [3.8, 4) is 23.0 Å². The summed E-state index contributed by atoms with van der Waals surface area (Å²) in [6.07, 6.45) is 0. The molecule has 0 aliphatic carbocycles. The summed E-state index contributed by atoms with van der Waals surface area (Å²) in [5.74, 6) is -3.74. The maximum absolute atomic E-state index is 12.3. The quantitative estimate of drug-likeness (QED) is 0.177. The Morgan fingerprint density at radius 2 is 1.25 bits per heavy atom. The molecule has 0 spiro atoms. The van der Waals surface area contributed by atoms with Crippen molar-refractivity contribution in [3.05, 3.63) is 82.9 Å². The molecule has 0 amide bonds. The molecule has 32 heavy (non-hydrogen) atoms. The summed E-state index contributed by atoms with van der Waals surface area (Å²) >= 11 is 0. The summed E-state index contributed by atoms with van der Waals surface area (Å²) in [6.45, 7) is -0.211. The Morgan fingerprint density at radius 3 is 1.88 bits per heavy atom. The third kappa shape index (κ3) is 5.32. The minimum atomic E-state index is -1.39. The maximum atomic E-state index is 12.3. The molecule has 0 atom stereocenters. The lowest BCUT2D eigenvalue weighted by molar-refractivity contribution is -0.217. The molecular formula is C22H16O10. The summed E-state index contributed by atoms with van der Waals surface area (Å²) in [5.41, 5.74) is -0.491. The summed E-state index contributed by atoms with van der Waals surface area (Å²) in [4.78, 5) is 44.9. The van der Waals surface area contributed by atoms with Crippen molar-refractivity contribution in [1.29, 1.82) is 0 Å². The summed E-state index contributed by atoms with van der Waals surface area (Å²) in [7, 11) is 0. The molecule has 3 aromatic carbocycles. The van der Waals surface area contributed by atoms with Gasteiger partial charge < -0.3 is 30.1 Å². The molecule has 0 fully saturated rings. The van der Waals surface area contributed by atoms with Crippen molar-refractivity contribution in [3.63, 3.8) is 0 Å². The molecule has 0 aliphatic rings. The molecule has 0 aromatic heterocycles. The van der Waals surface area contributed by atoms with E-state index >= 15 is 0 Å². The third-order valence-corrected chi connectivity index (χ3v) is 4.18. The molecule has 0 unspecified atom stereocenters. The molecule has 0 saturated heterocycles. The topological polar surface area (TPSA) is 160 Å². The van der Waals surface area contributed by atoms with Crippen LogP contribution in [-0.2, 0) is 11.5 Å². The number of esters is 1. The minimum absolute atomic E-state index is 0.0958. The van der Waals surface area contributed by atoms with Crippen molar-refractivity contribution in [2.24, 2.45) is 0 Å². The molecule has 164 valence electrons. The van der Waals surface area contributed by atoms with Gasteiger partial charge in [0.1, 0.15) is 23.9 Å². The van der Waals surface area contributed by atoms with Crippen LogP contribution in [0.25, 0.3) is 0 Å². The number of phenolic OH excluding ortho intramolecular Hbond substituents is 2. The lowest BCUT2D eigenvalue weighted by Crippen LogP contribution is -2.14. The zero-order chi connectivity index (χ0) is 23.3. The number of rotatable bonds is 8. The van der Waals surface area contributed by atoms with Crippen LogP contribution in [0, 0.1) is 0 Å². The molecule has 3 aromatic rings. The fourth-order valence-electron chi connectivity index (χ4n) is 2.66. The Hall–Kier alpha value is -4.57. The van der Waals surface area contributed by atoms with E-state index in [0.717, 1.165) is 18.2 Å². The van der Waals surface area contributed by atoms with Gasteiger partial charge in [0, 0.05) is 0 Å². The molecule has 4 N–H and O–H groups in total. The average molecular weight is 440 g/mol. The van der Waals surface area contributed by atoms with Gasteiger partial charge in [-0.2, -0.15) is 4.89 Å². The number of ether oxygens (including phenoxy) is 1. The molecule has 0 saturated carbocycles. The van der Waals surface area contributed by atoms with Gasteiger partial charge in [-0.1, -0.05) is 6.07 Å². The molecule has 0 bridgehead atoms. The molecule has 10 heteroatoms. The fourth-order valence-corrected chi connectivity index (χ4v) is 2.66. The number of hydrogen-bond donors (Lipinski definition) is 4. The largest absolute Gasteiger partial charge is 0.508 e. The normalized spacial score (nSPS) is 10.4. The van der Waals surface area contributed by atoms with Gasteiger partial charge in [-0.15, -0.1) is 0 Å². The van der Waals surface area contributed by atoms with Crippen molar-refractivity contribution in [2.45, 2.75) is 6.61 Å². The number of carbonyl (C=O) groups is 3. The first-order valence-corrected chi connectivity index (χ1v) is 8.98. The highest BCUT2D eigenvalue weighted by Crippen LogP contribution is 2.23. The Labute approximate surface area is 180 Å². The van der Waals surface area contributed by atoms with Gasteiger partial charge in [-0.05, 0) is 60.2 Å². The van der Waals surface area contributed by atoms with Crippen LogP contribution in [0.1, 0.15) is 36.6 Å². The lowest BCUT2D eigenvalue weighted by Gasteiger charge is -2.09. The molecular weight excluding hydrogens is 424 g/mol. The van der Waals surface area contributed by atoms with Crippen LogP contribution in [-0.4, -0.2) is 38.3 Å². The molecule has 10 nitrogen and oxygen atoms in total. The SMILES string of the molecule is O=C(O)c1cc(O)ccc1COOc1ccc(OC(=O)c2ccc(O)cc2C(=O)O)cc1. The van der Waals surface area contributed by atoms with E-state index in [1.54, 1.807) is 0 Å². The van der Waals surface area contributed by atoms with Crippen LogP contribution in [0.4, 0.5) is 0 Å². The summed E-state index contributed by atoms with van der Waals surface area (Å²) < 4.78 is 5.14. The molecule has 0 aliphatic heterocycles. The Bertz CT molecular complexity index is 1170. The first-order valence-electron chi connectivity index (χ1n) is 8.98. The monoisotopic (exact) mass is 440 g/mol. The number of carboxylic acids is 2. The van der Waals surface area contributed by atoms with Crippen LogP contribution in [0.15, 0.2) is 60.7 Å². The van der Waals surface area contributed by atoms with E-state index in [-0.39, 0.29) is 46.3 Å². The van der Waals surface area contributed by atoms with E-state index in [2.05, 4.69) is 0 Å². The Balaban J connectivity index is 1.61. The highest BCUT2D eigenvalue weighted by molar-refractivity contribution is 6.03. The number of hydrogen-bond acceptors (Lipinski definition) is 8. The Kier molecular flexibility index (Phi) is 6.56. The van der Waals surface area contributed by atoms with Crippen molar-refractivity contribution < 1.29 is 49.3 Å². The minimum Gasteiger partial charge on any atom is -0.508 e. The zero-order valence-corrected chi connectivity index (χ0v) is 16.2. The number of carboxylic acid groups (broad SMARTS) is 2. The predicted octanol–water partition coefficient (Wildman–Crippen LogP) is 3.22. The summed E-state index contributed by atoms with van der Waals surface area (Å²) in [6, 6.07) is 12.6. The fraction of sp³-hybridized carbons (Fsp3) is 0.0455. The van der Waals surface area contributed by atoms with Gasteiger partial charge in [0.05, 0.1) is 16.7 Å². The highest BCUT2D eigenvalue weighted by Gasteiger charge is 2.19. The second-order valence-electron chi connectivity index (χ2n) is 6.39. The standard InChI is InChI=1S/C22H16O10/c23-13-2-1-12(18(9-13)20(25)26)11-30-32-16-6-4-15(5-7-16)31-22(29)17-8-3-14(24)10-19(17)21(27)28/h1-10,23-24H,11H2,(H,25,26)(H,27,28). The van der Waals surface area contributed by atoms with Gasteiger partial charge in [0.2, 0.25) is 0 Å². The maximum Gasteiger partial charge on any atom is 0.344 e. The van der Waals surface area contributed by atoms with E-state index in [1.165, 1.54) is 42.5 Å². The van der Waals surface area contributed by atoms with Gasteiger partial charge >= 0.3 is 17.9 Å². The predicted molar refractivity (Wildman–Crippen MR) is 107 cm³/mol. The van der Waals surface area contributed by atoms with E-state index < -0.39 is 23.5 Å². The highest BCUT2D eigenvalue weighted by atomic mass is 17.2. The van der Waals surface area contributed by atoms with Gasteiger partial charge in [-0.3, -0.25) is 0 Å². The van der Waals surface area contributed by atoms with Crippen LogP contribution in [0.5, 0.6) is 23.0 Å². The smallest absolute Gasteiger partial charge is 0.344 e. The number of aromatic carboxylic acids is 2. The first-order chi connectivity index (χ1) is 15.2. The van der Waals surface area contributed by atoms with E-state index in [9.17, 15) is 29.7 Å². The van der Waals surface area contributed by atoms with E-state index in [0.29, 0.717) is 0 Å². The number of benzene rings is 3. The third-order valence-electron chi connectivity index (χ3n) is 4.18. The number of carbonyl (C=O) groups excluding carboxylic acids is 1. The van der Waals surface area contributed by atoms with Crippen LogP contribution >= 0.6 is 0 Å². The van der Waals surface area contributed by atoms with Gasteiger partial charge in [0.15, 0.2) is 5.75 Å². The number of aromatic hydroxyl groups is 2. The van der Waals surface area contributed by atoms with Gasteiger partial charge in [-0.25, -0.2) is 14.4 Å². The van der Waals surface area contributed by atoms with Crippen LogP contribution in [0.2, 0.25) is 0 Å². The van der Waals surface area contributed by atoms with E-state index in [1.807, 2.05) is 0 Å². The van der Waals surface area contributed by atoms with E-state index in [4.69, 9.17) is 19.6 Å². The van der Waals surface area contributed by atoms with Crippen molar-refractivity contribution in [1.82, 2.24) is 0 Å². The number of phenols is 2. The second kappa shape index (κ2) is 9.49. The molecule has 3 rings (SSSR count). The second-order valence-corrected chi connectivity index (χ2v) is 6.39. The van der Waals surface area contributed by atoms with Crippen LogP contribution in [0.3, 0.4) is 0 Å². The lowest BCUT2D eigenvalue weighted by atomic mass is 10.1. The van der Waals surface area contributed by atoms with Gasteiger partial charge in [0.25, 0.3) is 0 Å². The molecule has 0 heterocycles. The first kappa shape index (κ1) is 22.1. The van der Waals surface area contributed by atoms with Crippen molar-refractivity contribution >= 4 is 17.9 Å². The molecule has 0 radical (unpaired) electrons. The zero-order valence-electron chi connectivity index (χ0n) is 16.2.